The highest BCUT2D eigenvalue weighted by molar-refractivity contribution is 7.89. The molecule has 1 amide bonds. The van der Waals surface area contributed by atoms with Crippen molar-refractivity contribution in [2.75, 3.05) is 18.4 Å². The zero-order chi connectivity index (χ0) is 19.5. The number of aromatic hydroxyl groups is 1. The molecule has 2 N–H and O–H groups in total. The van der Waals surface area contributed by atoms with Crippen LogP contribution in [0.25, 0.3) is 0 Å². The predicted octanol–water partition coefficient (Wildman–Crippen LogP) is 3.29. The molecule has 0 atom stereocenters. The predicted molar refractivity (Wildman–Crippen MR) is 102 cm³/mol. The summed E-state index contributed by atoms with van der Waals surface area (Å²) in [5.41, 5.74) is 2.36. The Hall–Kier alpha value is -2.38. The van der Waals surface area contributed by atoms with E-state index < -0.39 is 15.9 Å². The average molecular weight is 376 g/mol. The molecular formula is C19H24N2O4S. The number of hydrogen-bond acceptors (Lipinski definition) is 4. The van der Waals surface area contributed by atoms with E-state index in [1.165, 1.54) is 22.5 Å². The third-order valence-corrected chi connectivity index (χ3v) is 6.23. The summed E-state index contributed by atoms with van der Waals surface area (Å²) >= 11 is 0. The van der Waals surface area contributed by atoms with Crippen molar-refractivity contribution in [2.45, 2.75) is 32.6 Å². The fourth-order valence-corrected chi connectivity index (χ4v) is 4.23. The highest BCUT2D eigenvalue weighted by Gasteiger charge is 2.23. The molecule has 0 fully saturated rings. The van der Waals surface area contributed by atoms with Gasteiger partial charge in [0.05, 0.1) is 10.6 Å². The lowest BCUT2D eigenvalue weighted by Crippen LogP contribution is -2.30. The number of sulfonamides is 1. The summed E-state index contributed by atoms with van der Waals surface area (Å²) in [6, 6.07) is 9.29. The molecule has 0 saturated heterocycles. The van der Waals surface area contributed by atoms with Crippen molar-refractivity contribution in [1.29, 1.82) is 0 Å². The van der Waals surface area contributed by atoms with E-state index in [-0.39, 0.29) is 16.3 Å². The molecule has 0 aromatic heterocycles. The van der Waals surface area contributed by atoms with Gasteiger partial charge in [-0.25, -0.2) is 8.42 Å². The second-order valence-corrected chi connectivity index (χ2v) is 7.98. The normalized spacial score (nSPS) is 11.6. The van der Waals surface area contributed by atoms with Crippen LogP contribution in [0.15, 0.2) is 41.3 Å². The molecule has 0 heterocycles. The maximum Gasteiger partial charge on any atom is 0.256 e. The number of hydrogen-bond donors (Lipinski definition) is 2. The summed E-state index contributed by atoms with van der Waals surface area (Å²) in [5.74, 6) is -0.600. The molecule has 0 aliphatic heterocycles. The van der Waals surface area contributed by atoms with Gasteiger partial charge in [0.2, 0.25) is 10.0 Å². The molecule has 2 rings (SSSR count). The Morgan fingerprint density at radius 2 is 1.73 bits per heavy atom. The van der Waals surface area contributed by atoms with Gasteiger partial charge >= 0.3 is 0 Å². The highest BCUT2D eigenvalue weighted by Crippen LogP contribution is 2.28. The van der Waals surface area contributed by atoms with Gasteiger partial charge in [-0.1, -0.05) is 31.5 Å². The van der Waals surface area contributed by atoms with E-state index in [1.807, 2.05) is 26.0 Å². The van der Waals surface area contributed by atoms with Crippen LogP contribution < -0.4 is 5.32 Å². The quantitative estimate of drug-likeness (QED) is 0.758. The van der Waals surface area contributed by atoms with Crippen LogP contribution in [0.3, 0.4) is 0 Å². The fraction of sp³-hybridized carbons (Fsp3) is 0.316. The summed E-state index contributed by atoms with van der Waals surface area (Å²) in [6.45, 7) is 7.94. The largest absolute Gasteiger partial charge is 0.506 e. The van der Waals surface area contributed by atoms with Crippen LogP contribution in [0.1, 0.15) is 35.3 Å². The van der Waals surface area contributed by atoms with E-state index in [9.17, 15) is 18.3 Å². The number of aryl methyl sites for hydroxylation is 2. The van der Waals surface area contributed by atoms with Crippen molar-refractivity contribution in [3.63, 3.8) is 0 Å². The van der Waals surface area contributed by atoms with Gasteiger partial charge in [-0.3, -0.25) is 4.79 Å². The van der Waals surface area contributed by atoms with Crippen LogP contribution in [-0.2, 0) is 10.0 Å². The van der Waals surface area contributed by atoms with E-state index >= 15 is 0 Å². The summed E-state index contributed by atoms with van der Waals surface area (Å²) in [4.78, 5) is 12.5. The third-order valence-electron chi connectivity index (χ3n) is 4.19. The smallest absolute Gasteiger partial charge is 0.256 e. The Morgan fingerprint density at radius 1 is 1.08 bits per heavy atom. The van der Waals surface area contributed by atoms with Crippen molar-refractivity contribution < 1.29 is 18.3 Å². The second-order valence-electron chi connectivity index (χ2n) is 6.04. The minimum atomic E-state index is -3.68. The first-order chi connectivity index (χ1) is 12.2. The van der Waals surface area contributed by atoms with Crippen LogP contribution >= 0.6 is 0 Å². The molecule has 2 aromatic rings. The van der Waals surface area contributed by atoms with Crippen LogP contribution in [0, 0.1) is 13.8 Å². The lowest BCUT2D eigenvalue weighted by Gasteiger charge is -2.19. The van der Waals surface area contributed by atoms with Gasteiger partial charge in [0, 0.05) is 18.7 Å². The molecule has 0 aliphatic rings. The summed E-state index contributed by atoms with van der Waals surface area (Å²) in [7, 11) is -3.68. The summed E-state index contributed by atoms with van der Waals surface area (Å²) in [6.07, 6.45) is 0. The number of rotatable bonds is 6. The van der Waals surface area contributed by atoms with Crippen molar-refractivity contribution in [2.24, 2.45) is 0 Å². The minimum absolute atomic E-state index is 0.0231. The summed E-state index contributed by atoms with van der Waals surface area (Å²) in [5, 5.41) is 12.6. The zero-order valence-corrected chi connectivity index (χ0v) is 16.2. The molecule has 7 heteroatoms. The molecule has 0 aliphatic carbocycles. The molecule has 0 bridgehead atoms. The third kappa shape index (κ3) is 4.05. The Morgan fingerprint density at radius 3 is 2.31 bits per heavy atom. The van der Waals surface area contributed by atoms with Crippen molar-refractivity contribution in [3.8, 4) is 5.75 Å². The number of nitrogens with zero attached hydrogens (tertiary/aromatic N) is 1. The number of carbonyl (C=O) groups excluding carboxylic acids is 1. The Kier molecular flexibility index (Phi) is 6.05. The van der Waals surface area contributed by atoms with Gasteiger partial charge in [0.25, 0.3) is 5.91 Å². The number of phenols is 1. The van der Waals surface area contributed by atoms with Crippen molar-refractivity contribution in [1.82, 2.24) is 4.31 Å². The van der Waals surface area contributed by atoms with Crippen molar-refractivity contribution >= 4 is 21.6 Å². The van der Waals surface area contributed by atoms with Gasteiger partial charge in [-0.05, 0) is 43.7 Å². The first kappa shape index (κ1) is 19.9. The number of benzene rings is 2. The van der Waals surface area contributed by atoms with Gasteiger partial charge in [0.1, 0.15) is 5.75 Å². The Bertz CT molecular complexity index is 919. The van der Waals surface area contributed by atoms with Gasteiger partial charge in [-0.2, -0.15) is 4.31 Å². The lowest BCUT2D eigenvalue weighted by molar-refractivity contribution is 0.102. The van der Waals surface area contributed by atoms with E-state index in [2.05, 4.69) is 5.32 Å². The molecule has 26 heavy (non-hydrogen) atoms. The molecule has 6 nitrogen and oxygen atoms in total. The van der Waals surface area contributed by atoms with E-state index in [4.69, 9.17) is 0 Å². The summed E-state index contributed by atoms with van der Waals surface area (Å²) < 4.78 is 26.6. The maximum atomic E-state index is 12.6. The lowest BCUT2D eigenvalue weighted by atomic mass is 10.1. The zero-order valence-electron chi connectivity index (χ0n) is 15.4. The SMILES string of the molecule is CCN(CC)S(=O)(=O)c1ccc(O)c(NC(=O)c2ccc(C)cc2C)c1. The number of amides is 1. The van der Waals surface area contributed by atoms with Crippen LogP contribution in [-0.4, -0.2) is 36.8 Å². The molecule has 140 valence electrons. The second kappa shape index (κ2) is 7.88. The monoisotopic (exact) mass is 376 g/mol. The molecule has 0 radical (unpaired) electrons. The first-order valence-corrected chi connectivity index (χ1v) is 9.86. The molecule has 2 aromatic carbocycles. The molecule has 0 spiro atoms. The van der Waals surface area contributed by atoms with Crippen molar-refractivity contribution in [3.05, 3.63) is 53.1 Å². The number of phenolic OH excluding ortho intramolecular Hbond substituents is 1. The van der Waals surface area contributed by atoms with Crippen LogP contribution in [0.4, 0.5) is 5.69 Å². The van der Waals surface area contributed by atoms with E-state index in [0.29, 0.717) is 18.7 Å². The van der Waals surface area contributed by atoms with E-state index in [0.717, 1.165) is 11.1 Å². The highest BCUT2D eigenvalue weighted by atomic mass is 32.2. The topological polar surface area (TPSA) is 86.7 Å². The van der Waals surface area contributed by atoms with E-state index in [1.54, 1.807) is 19.9 Å². The number of carbonyl (C=O) groups is 1. The Balaban J connectivity index is 2.37. The number of nitrogens with one attached hydrogen (secondary N) is 1. The van der Waals surface area contributed by atoms with Gasteiger partial charge < -0.3 is 10.4 Å². The molecule has 0 saturated carbocycles. The number of anilines is 1. The minimum Gasteiger partial charge on any atom is -0.506 e. The molecule has 0 unspecified atom stereocenters. The maximum absolute atomic E-state index is 12.6. The Labute approximate surface area is 154 Å². The fourth-order valence-electron chi connectivity index (χ4n) is 2.75. The molecular weight excluding hydrogens is 352 g/mol. The van der Waals surface area contributed by atoms with Crippen LogP contribution in [0.2, 0.25) is 0 Å². The first-order valence-electron chi connectivity index (χ1n) is 8.42. The average Bonchev–Trinajstić information content (AvgIpc) is 2.57. The van der Waals surface area contributed by atoms with Gasteiger partial charge in [-0.15, -0.1) is 0 Å². The standard InChI is InChI=1S/C19H24N2O4S/c1-5-21(6-2)26(24,25)15-8-10-18(22)17(12-15)20-19(23)16-9-7-13(3)11-14(16)4/h7-12,22H,5-6H2,1-4H3,(H,20,23). The van der Waals surface area contributed by atoms with Crippen LogP contribution in [0.5, 0.6) is 5.75 Å². The van der Waals surface area contributed by atoms with Gasteiger partial charge in [0.15, 0.2) is 0 Å².